The smallest absolute Gasteiger partial charge is 0.308 e. The molecule has 25 heavy (non-hydrogen) atoms. The second kappa shape index (κ2) is 7.42. The molecule has 2 aromatic rings. The van der Waals surface area contributed by atoms with E-state index in [1.165, 1.54) is 11.0 Å². The zero-order chi connectivity index (χ0) is 17.8. The number of carbonyl (C=O) groups is 2. The lowest BCUT2D eigenvalue weighted by Gasteiger charge is -2.40. The van der Waals surface area contributed by atoms with Crippen LogP contribution in [0.25, 0.3) is 0 Å². The fourth-order valence-electron chi connectivity index (χ4n) is 3.37. The van der Waals surface area contributed by atoms with Gasteiger partial charge in [-0.25, -0.2) is 4.39 Å². The summed E-state index contributed by atoms with van der Waals surface area (Å²) in [5.74, 6) is -2.45. The lowest BCUT2D eigenvalue weighted by molar-refractivity contribution is -0.152. The van der Waals surface area contributed by atoms with Gasteiger partial charge in [-0.3, -0.25) is 14.6 Å². The van der Waals surface area contributed by atoms with Crippen LogP contribution in [0.15, 0.2) is 48.8 Å². The molecular weight excluding hydrogens is 323 g/mol. The van der Waals surface area contributed by atoms with E-state index in [0.29, 0.717) is 13.0 Å². The number of piperidine rings is 1. The van der Waals surface area contributed by atoms with E-state index in [1.54, 1.807) is 30.6 Å². The van der Waals surface area contributed by atoms with Crippen LogP contribution in [-0.4, -0.2) is 33.4 Å². The molecule has 1 aromatic heterocycles. The van der Waals surface area contributed by atoms with Gasteiger partial charge in [-0.05, 0) is 30.5 Å². The van der Waals surface area contributed by atoms with Crippen molar-refractivity contribution in [3.05, 3.63) is 65.7 Å². The van der Waals surface area contributed by atoms with Gasteiger partial charge in [0.15, 0.2) is 0 Å². The highest BCUT2D eigenvalue weighted by Crippen LogP contribution is 2.38. The van der Waals surface area contributed by atoms with Crippen molar-refractivity contribution in [2.45, 2.75) is 25.3 Å². The van der Waals surface area contributed by atoms with Crippen LogP contribution in [0.2, 0.25) is 0 Å². The van der Waals surface area contributed by atoms with E-state index in [2.05, 4.69) is 4.98 Å². The molecule has 1 saturated heterocycles. The van der Waals surface area contributed by atoms with Gasteiger partial charge >= 0.3 is 5.97 Å². The molecule has 1 aromatic carbocycles. The number of carboxylic acid groups (broad SMARTS) is 1. The Labute approximate surface area is 145 Å². The number of likely N-dealkylation sites (tertiary alicyclic amines) is 1. The summed E-state index contributed by atoms with van der Waals surface area (Å²) < 4.78 is 14.3. The molecule has 5 nitrogen and oxygen atoms in total. The number of benzene rings is 1. The predicted molar refractivity (Wildman–Crippen MR) is 89.2 cm³/mol. The fraction of sp³-hybridized carbons (Fsp3) is 0.316. The minimum Gasteiger partial charge on any atom is -0.481 e. The zero-order valence-corrected chi connectivity index (χ0v) is 13.6. The van der Waals surface area contributed by atoms with Gasteiger partial charge in [0.1, 0.15) is 5.82 Å². The number of aliphatic carboxylic acids is 1. The Kier molecular flexibility index (Phi) is 5.07. The molecule has 1 aliphatic heterocycles. The first-order chi connectivity index (χ1) is 12.1. The predicted octanol–water partition coefficient (Wildman–Crippen LogP) is 2.83. The standard InChI is InChI=1S/C19H19FN2O3/c20-16-6-2-1-5-14(16)18-15(19(24)25)7-8-17(23)22(18)11-9-13-4-3-10-21-12-13/h1-6,10,12,15,18H,7-9,11H2,(H,24,25)/t15-,18-/m0/s1. The maximum absolute atomic E-state index is 14.3. The summed E-state index contributed by atoms with van der Waals surface area (Å²) in [5, 5.41) is 9.58. The van der Waals surface area contributed by atoms with E-state index in [0.717, 1.165) is 5.56 Å². The molecule has 0 spiro atoms. The van der Waals surface area contributed by atoms with Gasteiger partial charge in [0, 0.05) is 30.9 Å². The van der Waals surface area contributed by atoms with Crippen molar-refractivity contribution < 1.29 is 19.1 Å². The molecule has 1 N–H and O–H groups in total. The summed E-state index contributed by atoms with van der Waals surface area (Å²) in [5.41, 5.74) is 1.20. The molecule has 0 radical (unpaired) electrons. The van der Waals surface area contributed by atoms with E-state index < -0.39 is 23.7 Å². The quantitative estimate of drug-likeness (QED) is 0.907. The molecule has 6 heteroatoms. The topological polar surface area (TPSA) is 70.5 Å². The minimum absolute atomic E-state index is 0.144. The third-order valence-corrected chi connectivity index (χ3v) is 4.61. The summed E-state index contributed by atoms with van der Waals surface area (Å²) >= 11 is 0. The summed E-state index contributed by atoms with van der Waals surface area (Å²) in [6, 6.07) is 8.99. The van der Waals surface area contributed by atoms with Crippen LogP contribution >= 0.6 is 0 Å². The van der Waals surface area contributed by atoms with Crippen LogP contribution in [0.3, 0.4) is 0 Å². The Balaban J connectivity index is 1.92. The zero-order valence-electron chi connectivity index (χ0n) is 13.6. The third-order valence-electron chi connectivity index (χ3n) is 4.61. The minimum atomic E-state index is -1.01. The van der Waals surface area contributed by atoms with Gasteiger partial charge in [0.05, 0.1) is 12.0 Å². The Bertz CT molecular complexity index is 766. The first-order valence-corrected chi connectivity index (χ1v) is 8.23. The Hall–Kier alpha value is -2.76. The lowest BCUT2D eigenvalue weighted by atomic mass is 9.84. The highest BCUT2D eigenvalue weighted by Gasteiger charge is 2.41. The van der Waals surface area contributed by atoms with Gasteiger partial charge in [0.25, 0.3) is 0 Å². The van der Waals surface area contributed by atoms with Gasteiger partial charge < -0.3 is 10.0 Å². The van der Waals surface area contributed by atoms with Crippen molar-refractivity contribution >= 4 is 11.9 Å². The van der Waals surface area contributed by atoms with Crippen LogP contribution < -0.4 is 0 Å². The molecule has 0 saturated carbocycles. The number of hydrogen-bond acceptors (Lipinski definition) is 3. The Morgan fingerprint density at radius 1 is 1.28 bits per heavy atom. The van der Waals surface area contributed by atoms with Crippen molar-refractivity contribution in [2.24, 2.45) is 5.92 Å². The summed E-state index contributed by atoms with van der Waals surface area (Å²) in [7, 11) is 0. The van der Waals surface area contributed by atoms with E-state index in [9.17, 15) is 19.1 Å². The average molecular weight is 342 g/mol. The van der Waals surface area contributed by atoms with Gasteiger partial charge in [-0.1, -0.05) is 24.3 Å². The van der Waals surface area contributed by atoms with Crippen LogP contribution in [0.4, 0.5) is 4.39 Å². The third kappa shape index (κ3) is 3.68. The van der Waals surface area contributed by atoms with Gasteiger partial charge in [-0.15, -0.1) is 0 Å². The number of rotatable bonds is 5. The highest BCUT2D eigenvalue weighted by molar-refractivity contribution is 5.81. The number of aromatic nitrogens is 1. The molecular formula is C19H19FN2O3. The van der Waals surface area contributed by atoms with Crippen molar-refractivity contribution in [2.75, 3.05) is 6.54 Å². The van der Waals surface area contributed by atoms with Crippen LogP contribution in [0.5, 0.6) is 0 Å². The van der Waals surface area contributed by atoms with E-state index in [4.69, 9.17) is 0 Å². The van der Waals surface area contributed by atoms with Crippen molar-refractivity contribution in [1.29, 1.82) is 0 Å². The second-order valence-electron chi connectivity index (χ2n) is 6.15. The van der Waals surface area contributed by atoms with E-state index >= 15 is 0 Å². The molecule has 0 bridgehead atoms. The van der Waals surface area contributed by atoms with Crippen LogP contribution in [0, 0.1) is 11.7 Å². The number of hydrogen-bond donors (Lipinski definition) is 1. The fourth-order valence-corrected chi connectivity index (χ4v) is 3.37. The lowest BCUT2D eigenvalue weighted by Crippen LogP contribution is -2.46. The van der Waals surface area contributed by atoms with Crippen molar-refractivity contribution in [3.8, 4) is 0 Å². The first-order valence-electron chi connectivity index (χ1n) is 8.23. The Morgan fingerprint density at radius 2 is 2.08 bits per heavy atom. The van der Waals surface area contributed by atoms with E-state index in [1.807, 2.05) is 12.1 Å². The molecule has 1 amide bonds. The average Bonchev–Trinajstić information content (AvgIpc) is 2.61. The normalized spacial score (nSPS) is 20.5. The first kappa shape index (κ1) is 17.1. The highest BCUT2D eigenvalue weighted by atomic mass is 19.1. The number of carbonyl (C=O) groups excluding carboxylic acids is 1. The van der Waals surface area contributed by atoms with Crippen LogP contribution in [0.1, 0.15) is 30.0 Å². The van der Waals surface area contributed by atoms with Crippen molar-refractivity contribution in [1.82, 2.24) is 9.88 Å². The number of halogens is 1. The summed E-state index contributed by atoms with van der Waals surface area (Å²) in [6.45, 7) is 0.327. The molecule has 2 atom stereocenters. The Morgan fingerprint density at radius 3 is 2.76 bits per heavy atom. The second-order valence-corrected chi connectivity index (χ2v) is 6.15. The summed E-state index contributed by atoms with van der Waals surface area (Å²) in [4.78, 5) is 29.7. The van der Waals surface area contributed by atoms with Crippen molar-refractivity contribution in [3.63, 3.8) is 0 Å². The monoisotopic (exact) mass is 342 g/mol. The number of carboxylic acids is 1. The van der Waals surface area contributed by atoms with Crippen LogP contribution in [-0.2, 0) is 16.0 Å². The summed E-state index contributed by atoms with van der Waals surface area (Å²) in [6.07, 6.45) is 4.29. The molecule has 1 aliphatic rings. The molecule has 3 rings (SSSR count). The van der Waals surface area contributed by atoms with Gasteiger partial charge in [0.2, 0.25) is 5.91 Å². The largest absolute Gasteiger partial charge is 0.481 e. The number of pyridine rings is 1. The number of amides is 1. The SMILES string of the molecule is O=C(O)[C@H]1CCC(=O)N(CCc2cccnc2)[C@H]1c1ccccc1F. The molecule has 1 fully saturated rings. The van der Waals surface area contributed by atoms with E-state index in [-0.39, 0.29) is 24.3 Å². The molecule has 0 aliphatic carbocycles. The molecule has 130 valence electrons. The maximum atomic E-state index is 14.3. The maximum Gasteiger partial charge on any atom is 0.308 e. The van der Waals surface area contributed by atoms with Gasteiger partial charge in [-0.2, -0.15) is 0 Å². The molecule has 0 unspecified atom stereocenters. The molecule has 2 heterocycles. The number of nitrogens with zero attached hydrogens (tertiary/aromatic N) is 2.